The summed E-state index contributed by atoms with van der Waals surface area (Å²) in [5, 5.41) is 1.45. The second kappa shape index (κ2) is 6.00. The van der Waals surface area contributed by atoms with Gasteiger partial charge in [0, 0.05) is 15.6 Å². The van der Waals surface area contributed by atoms with E-state index in [0.717, 1.165) is 36.3 Å². The minimum absolute atomic E-state index is 0.360. The zero-order valence-electron chi connectivity index (χ0n) is 11.9. The average Bonchev–Trinajstić information content (AvgIpc) is 2.63. The van der Waals surface area contributed by atoms with Crippen LogP contribution < -0.4 is 5.73 Å². The van der Waals surface area contributed by atoms with Crippen LogP contribution in [0.2, 0.25) is 10.0 Å². The molecule has 0 amide bonds. The maximum absolute atomic E-state index is 6.82. The smallest absolute Gasteiger partial charge is 0.0453 e. The number of fused-ring (bicyclic) bond motifs is 1. The Balaban J connectivity index is 2.02. The summed E-state index contributed by atoms with van der Waals surface area (Å²) in [5.74, 6) is 0. The summed E-state index contributed by atoms with van der Waals surface area (Å²) in [7, 11) is 0. The van der Waals surface area contributed by atoms with Crippen molar-refractivity contribution in [3.05, 3.63) is 69.2 Å². The molecular formula is C18H19Cl2N. The van der Waals surface area contributed by atoms with Gasteiger partial charge in [-0.1, -0.05) is 53.9 Å². The van der Waals surface area contributed by atoms with Gasteiger partial charge in [-0.2, -0.15) is 0 Å². The molecule has 1 atom stereocenters. The maximum atomic E-state index is 6.82. The van der Waals surface area contributed by atoms with Crippen LogP contribution in [-0.2, 0) is 18.4 Å². The molecule has 3 rings (SSSR count). The molecule has 0 aliphatic heterocycles. The van der Waals surface area contributed by atoms with Gasteiger partial charge in [0.15, 0.2) is 0 Å². The lowest BCUT2D eigenvalue weighted by Gasteiger charge is -2.31. The Bertz CT molecular complexity index is 653. The number of halogens is 2. The van der Waals surface area contributed by atoms with Crippen molar-refractivity contribution in [3.63, 3.8) is 0 Å². The Labute approximate surface area is 136 Å². The Morgan fingerprint density at radius 3 is 2.71 bits per heavy atom. The highest BCUT2D eigenvalue weighted by atomic mass is 35.5. The second-order valence-corrected chi connectivity index (χ2v) is 6.78. The van der Waals surface area contributed by atoms with Gasteiger partial charge >= 0.3 is 0 Å². The summed E-state index contributed by atoms with van der Waals surface area (Å²) in [6, 6.07) is 14.1. The Kier molecular flexibility index (Phi) is 4.26. The molecule has 3 heteroatoms. The quantitative estimate of drug-likeness (QED) is 0.764. The van der Waals surface area contributed by atoms with Crippen LogP contribution in [0.4, 0.5) is 0 Å². The van der Waals surface area contributed by atoms with Crippen molar-refractivity contribution >= 4 is 23.2 Å². The summed E-state index contributed by atoms with van der Waals surface area (Å²) >= 11 is 12.4. The number of nitrogens with two attached hydrogens (primary N) is 1. The first kappa shape index (κ1) is 14.9. The molecule has 21 heavy (non-hydrogen) atoms. The first-order valence-corrected chi connectivity index (χ1v) is 8.15. The predicted octanol–water partition coefficient (Wildman–Crippen LogP) is 5.12. The molecule has 0 heterocycles. The van der Waals surface area contributed by atoms with Gasteiger partial charge in [-0.3, -0.25) is 0 Å². The molecule has 0 aromatic heterocycles. The molecule has 0 radical (unpaired) electrons. The highest BCUT2D eigenvalue weighted by Gasteiger charge is 2.31. The molecule has 0 saturated carbocycles. The molecule has 1 aliphatic carbocycles. The van der Waals surface area contributed by atoms with Crippen LogP contribution in [0.25, 0.3) is 0 Å². The first-order chi connectivity index (χ1) is 10.1. The van der Waals surface area contributed by atoms with Gasteiger partial charge in [-0.25, -0.2) is 0 Å². The van der Waals surface area contributed by atoms with Crippen LogP contribution in [0.5, 0.6) is 0 Å². The SMILES string of the molecule is NC1(Cc2cc(Cl)ccc2Cl)CCCCc2ccccc21. The molecule has 0 spiro atoms. The summed E-state index contributed by atoms with van der Waals surface area (Å²) in [4.78, 5) is 0. The van der Waals surface area contributed by atoms with E-state index in [2.05, 4.69) is 24.3 Å². The zero-order valence-corrected chi connectivity index (χ0v) is 13.4. The Morgan fingerprint density at radius 1 is 1.05 bits per heavy atom. The van der Waals surface area contributed by atoms with Crippen molar-refractivity contribution in [3.8, 4) is 0 Å². The molecule has 0 fully saturated rings. The summed E-state index contributed by atoms with van der Waals surface area (Å²) in [6.07, 6.45) is 5.15. The number of rotatable bonds is 2. The van der Waals surface area contributed by atoms with E-state index >= 15 is 0 Å². The van der Waals surface area contributed by atoms with Crippen LogP contribution in [0.1, 0.15) is 36.0 Å². The number of aryl methyl sites for hydroxylation is 1. The van der Waals surface area contributed by atoms with E-state index in [-0.39, 0.29) is 5.54 Å². The highest BCUT2D eigenvalue weighted by Crippen LogP contribution is 2.36. The Hall–Kier alpha value is -1.02. The summed E-state index contributed by atoms with van der Waals surface area (Å²) in [6.45, 7) is 0. The van der Waals surface area contributed by atoms with Crippen LogP contribution >= 0.6 is 23.2 Å². The van der Waals surface area contributed by atoms with Crippen molar-refractivity contribution in [2.45, 2.75) is 37.6 Å². The molecule has 110 valence electrons. The molecule has 0 bridgehead atoms. The van der Waals surface area contributed by atoms with Gasteiger partial charge in [-0.15, -0.1) is 0 Å². The third-order valence-corrected chi connectivity index (χ3v) is 4.99. The number of benzene rings is 2. The molecule has 0 saturated heterocycles. The van der Waals surface area contributed by atoms with E-state index in [1.54, 1.807) is 0 Å². The monoisotopic (exact) mass is 319 g/mol. The zero-order chi connectivity index (χ0) is 14.9. The lowest BCUT2D eigenvalue weighted by molar-refractivity contribution is 0.399. The minimum Gasteiger partial charge on any atom is -0.321 e. The van der Waals surface area contributed by atoms with Crippen molar-refractivity contribution in [1.29, 1.82) is 0 Å². The second-order valence-electron chi connectivity index (χ2n) is 5.93. The van der Waals surface area contributed by atoms with Crippen LogP contribution in [-0.4, -0.2) is 0 Å². The topological polar surface area (TPSA) is 26.0 Å². The summed E-state index contributed by atoms with van der Waals surface area (Å²) < 4.78 is 0. The van der Waals surface area contributed by atoms with Gasteiger partial charge in [0.05, 0.1) is 0 Å². The molecular weight excluding hydrogens is 301 g/mol. The van der Waals surface area contributed by atoms with Crippen LogP contribution in [0.15, 0.2) is 42.5 Å². The van der Waals surface area contributed by atoms with E-state index in [1.807, 2.05) is 18.2 Å². The van der Waals surface area contributed by atoms with Crippen molar-refractivity contribution in [2.75, 3.05) is 0 Å². The van der Waals surface area contributed by atoms with Crippen LogP contribution in [0.3, 0.4) is 0 Å². The average molecular weight is 320 g/mol. The number of hydrogen-bond donors (Lipinski definition) is 1. The minimum atomic E-state index is -0.360. The van der Waals surface area contributed by atoms with Gasteiger partial charge in [0.2, 0.25) is 0 Å². The normalized spacial score (nSPS) is 21.7. The van der Waals surface area contributed by atoms with Gasteiger partial charge in [0.1, 0.15) is 0 Å². The summed E-state index contributed by atoms with van der Waals surface area (Å²) in [5.41, 5.74) is 10.1. The largest absolute Gasteiger partial charge is 0.321 e. The molecule has 2 aromatic carbocycles. The highest BCUT2D eigenvalue weighted by molar-refractivity contribution is 6.33. The van der Waals surface area contributed by atoms with Crippen LogP contribution in [0, 0.1) is 0 Å². The first-order valence-electron chi connectivity index (χ1n) is 7.40. The van der Waals surface area contributed by atoms with Gasteiger partial charge in [-0.05, 0) is 60.6 Å². The van der Waals surface area contributed by atoms with E-state index < -0.39 is 0 Å². The van der Waals surface area contributed by atoms with Crippen molar-refractivity contribution < 1.29 is 0 Å². The molecule has 2 aromatic rings. The molecule has 1 unspecified atom stereocenters. The van der Waals surface area contributed by atoms with Crippen molar-refractivity contribution in [2.24, 2.45) is 5.73 Å². The van der Waals surface area contributed by atoms with E-state index in [0.29, 0.717) is 5.02 Å². The standard InChI is InChI=1S/C18H19Cl2N/c19-15-8-9-17(20)14(11-15)12-18(21)10-4-3-6-13-5-1-2-7-16(13)18/h1-2,5,7-9,11H,3-4,6,10,12,21H2. The lowest BCUT2D eigenvalue weighted by atomic mass is 9.80. The fourth-order valence-corrected chi connectivity index (χ4v) is 3.70. The lowest BCUT2D eigenvalue weighted by Crippen LogP contribution is -2.39. The fourth-order valence-electron chi connectivity index (χ4n) is 3.32. The molecule has 2 N–H and O–H groups in total. The van der Waals surface area contributed by atoms with Gasteiger partial charge < -0.3 is 5.73 Å². The fraction of sp³-hybridized carbons (Fsp3) is 0.333. The Morgan fingerprint density at radius 2 is 1.86 bits per heavy atom. The van der Waals surface area contributed by atoms with E-state index in [4.69, 9.17) is 28.9 Å². The molecule has 1 nitrogen and oxygen atoms in total. The number of hydrogen-bond acceptors (Lipinski definition) is 1. The molecule has 1 aliphatic rings. The van der Waals surface area contributed by atoms with E-state index in [9.17, 15) is 0 Å². The maximum Gasteiger partial charge on any atom is 0.0453 e. The van der Waals surface area contributed by atoms with E-state index in [1.165, 1.54) is 17.5 Å². The van der Waals surface area contributed by atoms with Gasteiger partial charge in [0.25, 0.3) is 0 Å². The van der Waals surface area contributed by atoms with Crippen molar-refractivity contribution in [1.82, 2.24) is 0 Å². The third kappa shape index (κ3) is 3.11. The third-order valence-electron chi connectivity index (χ3n) is 4.39. The predicted molar refractivity (Wildman–Crippen MR) is 90.0 cm³/mol.